The first-order chi connectivity index (χ1) is 10.4. The van der Waals surface area contributed by atoms with Crippen molar-refractivity contribution in [3.63, 3.8) is 0 Å². The number of aliphatic hydroxyl groups is 1. The van der Waals surface area contributed by atoms with Gasteiger partial charge in [-0.2, -0.15) is 0 Å². The molecule has 0 aliphatic carbocycles. The Morgan fingerprint density at radius 2 is 1.73 bits per heavy atom. The highest BCUT2D eigenvalue weighted by Crippen LogP contribution is 2.27. The number of fused-ring (bicyclic) bond motifs is 1. The number of carbonyl (C=O) groups excluding carboxylic acids is 2. The minimum atomic E-state index is -0.765. The molecular formula is C17H22N2O3. The van der Waals surface area contributed by atoms with Crippen LogP contribution in [0.4, 0.5) is 0 Å². The zero-order valence-corrected chi connectivity index (χ0v) is 13.1. The molecular weight excluding hydrogens is 280 g/mol. The van der Waals surface area contributed by atoms with Crippen LogP contribution in [0.2, 0.25) is 0 Å². The van der Waals surface area contributed by atoms with E-state index in [9.17, 15) is 14.7 Å². The fourth-order valence-electron chi connectivity index (χ4n) is 3.56. The van der Waals surface area contributed by atoms with E-state index >= 15 is 0 Å². The smallest absolute Gasteiger partial charge is 0.261 e. The molecule has 1 unspecified atom stereocenters. The molecule has 2 amide bonds. The average Bonchev–Trinajstić information content (AvgIpc) is 3.03. The molecule has 22 heavy (non-hydrogen) atoms. The molecule has 0 saturated carbocycles. The van der Waals surface area contributed by atoms with Gasteiger partial charge in [0.05, 0.1) is 16.7 Å². The summed E-state index contributed by atoms with van der Waals surface area (Å²) in [6.45, 7) is 5.52. The minimum absolute atomic E-state index is 0.0858. The lowest BCUT2D eigenvalue weighted by atomic mass is 9.97. The maximum atomic E-state index is 12.3. The Balaban J connectivity index is 1.68. The molecule has 2 aliphatic rings. The van der Waals surface area contributed by atoms with Crippen LogP contribution < -0.4 is 0 Å². The first-order valence-corrected chi connectivity index (χ1v) is 7.81. The molecule has 0 spiro atoms. The number of nitrogens with zero attached hydrogens (tertiary/aromatic N) is 2. The van der Waals surface area contributed by atoms with Gasteiger partial charge < -0.3 is 5.11 Å². The normalized spacial score (nSPS) is 22.5. The van der Waals surface area contributed by atoms with Crippen LogP contribution in [0.25, 0.3) is 0 Å². The van der Waals surface area contributed by atoms with E-state index < -0.39 is 5.60 Å². The lowest BCUT2D eigenvalue weighted by Crippen LogP contribution is -2.48. The highest BCUT2D eigenvalue weighted by Gasteiger charge is 2.38. The first kappa shape index (κ1) is 15.2. The van der Waals surface area contributed by atoms with Crippen LogP contribution in [0.5, 0.6) is 0 Å². The largest absolute Gasteiger partial charge is 0.389 e. The lowest BCUT2D eigenvalue weighted by molar-refractivity contribution is -0.00381. The summed E-state index contributed by atoms with van der Waals surface area (Å²) in [5.74, 6) is -0.417. The predicted octanol–water partition coefficient (Wildman–Crippen LogP) is 1.52. The molecule has 1 aromatic carbocycles. The van der Waals surface area contributed by atoms with Gasteiger partial charge in [-0.1, -0.05) is 12.1 Å². The van der Waals surface area contributed by atoms with Crippen LogP contribution in [-0.2, 0) is 0 Å². The zero-order valence-electron chi connectivity index (χ0n) is 13.1. The molecule has 5 heteroatoms. The summed E-state index contributed by atoms with van der Waals surface area (Å²) >= 11 is 0. The number of hydrogen-bond acceptors (Lipinski definition) is 4. The van der Waals surface area contributed by atoms with Gasteiger partial charge in [-0.05, 0) is 45.4 Å². The van der Waals surface area contributed by atoms with Crippen molar-refractivity contribution >= 4 is 11.8 Å². The van der Waals surface area contributed by atoms with E-state index in [1.165, 1.54) is 4.90 Å². The van der Waals surface area contributed by atoms with Gasteiger partial charge >= 0.3 is 0 Å². The number of rotatable bonds is 4. The summed E-state index contributed by atoms with van der Waals surface area (Å²) in [4.78, 5) is 28.2. The molecule has 1 atom stereocenters. The Bertz CT molecular complexity index is 571. The molecule has 1 N–H and O–H groups in total. The molecule has 2 heterocycles. The quantitative estimate of drug-likeness (QED) is 0.857. The molecule has 0 radical (unpaired) electrons. The summed E-state index contributed by atoms with van der Waals surface area (Å²) < 4.78 is 0. The number of amides is 2. The maximum Gasteiger partial charge on any atom is 0.261 e. The van der Waals surface area contributed by atoms with Crippen molar-refractivity contribution in [1.29, 1.82) is 0 Å². The lowest BCUT2D eigenvalue weighted by Gasteiger charge is -2.34. The third kappa shape index (κ3) is 2.55. The van der Waals surface area contributed by atoms with Crippen molar-refractivity contribution in [3.8, 4) is 0 Å². The van der Waals surface area contributed by atoms with E-state index in [4.69, 9.17) is 0 Å². The van der Waals surface area contributed by atoms with E-state index in [1.807, 2.05) is 13.8 Å². The Kier molecular flexibility index (Phi) is 3.78. The average molecular weight is 302 g/mol. The Morgan fingerprint density at radius 1 is 1.14 bits per heavy atom. The summed E-state index contributed by atoms with van der Waals surface area (Å²) in [5.41, 5.74) is 0.222. The second-order valence-electron chi connectivity index (χ2n) is 6.66. The van der Waals surface area contributed by atoms with Crippen molar-refractivity contribution in [1.82, 2.24) is 9.80 Å². The SMILES string of the molecule is CC(C)(O)C1CCCN1CCN1C(=O)c2ccccc2C1=O. The summed E-state index contributed by atoms with van der Waals surface area (Å²) in [5, 5.41) is 10.2. The zero-order chi connectivity index (χ0) is 15.9. The van der Waals surface area contributed by atoms with Gasteiger partial charge in [0.25, 0.3) is 11.8 Å². The van der Waals surface area contributed by atoms with Gasteiger partial charge in [-0.15, -0.1) is 0 Å². The highest BCUT2D eigenvalue weighted by molar-refractivity contribution is 6.21. The van der Waals surface area contributed by atoms with Crippen LogP contribution in [0.15, 0.2) is 24.3 Å². The number of imide groups is 1. The summed E-state index contributed by atoms with van der Waals surface area (Å²) in [6.07, 6.45) is 1.99. The number of benzene rings is 1. The van der Waals surface area contributed by atoms with Gasteiger partial charge in [0.1, 0.15) is 0 Å². The Morgan fingerprint density at radius 3 is 2.27 bits per heavy atom. The fraction of sp³-hybridized carbons (Fsp3) is 0.529. The van der Waals surface area contributed by atoms with E-state index in [1.54, 1.807) is 24.3 Å². The van der Waals surface area contributed by atoms with Crippen molar-refractivity contribution in [2.45, 2.75) is 38.3 Å². The Labute approximate surface area is 130 Å². The Hall–Kier alpha value is -1.72. The summed E-state index contributed by atoms with van der Waals surface area (Å²) in [7, 11) is 0. The first-order valence-electron chi connectivity index (χ1n) is 7.81. The molecule has 0 aromatic heterocycles. The third-order valence-electron chi connectivity index (χ3n) is 4.67. The van der Waals surface area contributed by atoms with E-state index in [2.05, 4.69) is 4.90 Å². The molecule has 1 saturated heterocycles. The van der Waals surface area contributed by atoms with Crippen LogP contribution in [0.1, 0.15) is 47.4 Å². The predicted molar refractivity (Wildman–Crippen MR) is 82.7 cm³/mol. The molecule has 3 rings (SSSR count). The molecule has 2 aliphatic heterocycles. The van der Waals surface area contributed by atoms with Gasteiger partial charge in [0, 0.05) is 19.1 Å². The molecule has 5 nitrogen and oxygen atoms in total. The van der Waals surface area contributed by atoms with Crippen LogP contribution in [-0.4, -0.2) is 58.0 Å². The molecule has 1 fully saturated rings. The van der Waals surface area contributed by atoms with Crippen molar-refractivity contribution < 1.29 is 14.7 Å². The maximum absolute atomic E-state index is 12.3. The van der Waals surface area contributed by atoms with Crippen LogP contribution in [0.3, 0.4) is 0 Å². The second-order valence-corrected chi connectivity index (χ2v) is 6.66. The second kappa shape index (κ2) is 5.48. The summed E-state index contributed by atoms with van der Waals surface area (Å²) in [6, 6.07) is 7.04. The van der Waals surface area contributed by atoms with E-state index in [0.717, 1.165) is 19.4 Å². The molecule has 0 bridgehead atoms. The van der Waals surface area contributed by atoms with Gasteiger partial charge in [-0.3, -0.25) is 19.4 Å². The monoisotopic (exact) mass is 302 g/mol. The van der Waals surface area contributed by atoms with Crippen molar-refractivity contribution in [2.24, 2.45) is 0 Å². The van der Waals surface area contributed by atoms with Crippen molar-refractivity contribution in [3.05, 3.63) is 35.4 Å². The topological polar surface area (TPSA) is 60.9 Å². The number of likely N-dealkylation sites (tertiary alicyclic amines) is 1. The van der Waals surface area contributed by atoms with Gasteiger partial charge in [0.2, 0.25) is 0 Å². The van der Waals surface area contributed by atoms with Crippen LogP contribution >= 0.6 is 0 Å². The minimum Gasteiger partial charge on any atom is -0.389 e. The third-order valence-corrected chi connectivity index (χ3v) is 4.67. The molecule has 1 aromatic rings. The van der Waals surface area contributed by atoms with E-state index in [-0.39, 0.29) is 17.9 Å². The van der Waals surface area contributed by atoms with Gasteiger partial charge in [-0.25, -0.2) is 0 Å². The number of hydrogen-bond donors (Lipinski definition) is 1. The van der Waals surface area contributed by atoms with Gasteiger partial charge in [0.15, 0.2) is 0 Å². The standard InChI is InChI=1S/C17H22N2O3/c1-17(2,22)14-8-5-9-18(14)10-11-19-15(20)12-6-3-4-7-13(12)16(19)21/h3-4,6-7,14,22H,5,8-11H2,1-2H3. The number of carbonyl (C=O) groups is 2. The van der Waals surface area contributed by atoms with Crippen LogP contribution in [0, 0.1) is 0 Å². The van der Waals surface area contributed by atoms with Crippen molar-refractivity contribution in [2.75, 3.05) is 19.6 Å². The van der Waals surface area contributed by atoms with E-state index in [0.29, 0.717) is 24.2 Å². The fourth-order valence-corrected chi connectivity index (χ4v) is 3.56. The highest BCUT2D eigenvalue weighted by atomic mass is 16.3. The molecule has 118 valence electrons.